The van der Waals surface area contributed by atoms with Gasteiger partial charge in [0, 0.05) is 24.4 Å². The number of carbonyl (C=O) groups excluding carboxylic acids is 1. The van der Waals surface area contributed by atoms with Crippen LogP contribution in [0.5, 0.6) is 0 Å². The van der Waals surface area contributed by atoms with Crippen LogP contribution in [0.2, 0.25) is 0 Å². The zero-order valence-corrected chi connectivity index (χ0v) is 13.7. The monoisotopic (exact) mass is 273 g/mol. The lowest BCUT2D eigenvalue weighted by Gasteiger charge is -2.41. The van der Waals surface area contributed by atoms with Crippen LogP contribution in [0.1, 0.15) is 64.2 Å². The molecule has 0 aliphatic carbocycles. The van der Waals surface area contributed by atoms with Crippen molar-refractivity contribution < 1.29 is 4.79 Å². The summed E-state index contributed by atoms with van der Waals surface area (Å²) >= 11 is 0. The largest absolute Gasteiger partial charge is 0.337 e. The van der Waals surface area contributed by atoms with E-state index in [1.165, 1.54) is 16.7 Å². The summed E-state index contributed by atoms with van der Waals surface area (Å²) in [4.78, 5) is 14.3. The van der Waals surface area contributed by atoms with Crippen molar-refractivity contribution in [1.82, 2.24) is 4.90 Å². The molecule has 110 valence electrons. The number of benzene rings is 1. The Kier molecular flexibility index (Phi) is 3.95. The summed E-state index contributed by atoms with van der Waals surface area (Å²) < 4.78 is 0. The molecule has 2 nitrogen and oxygen atoms in total. The van der Waals surface area contributed by atoms with Crippen LogP contribution in [0.3, 0.4) is 0 Å². The summed E-state index contributed by atoms with van der Waals surface area (Å²) in [7, 11) is 0. The highest BCUT2D eigenvalue weighted by Gasteiger charge is 2.34. The zero-order valence-electron chi connectivity index (χ0n) is 13.7. The average molecular weight is 273 g/mol. The van der Waals surface area contributed by atoms with E-state index in [-0.39, 0.29) is 17.2 Å². The van der Waals surface area contributed by atoms with Crippen LogP contribution in [-0.2, 0) is 16.8 Å². The van der Waals surface area contributed by atoms with E-state index >= 15 is 0 Å². The normalized spacial score (nSPS) is 17.5. The lowest BCUT2D eigenvalue weighted by Crippen LogP contribution is -2.46. The second-order valence-corrected chi connectivity index (χ2v) is 7.30. The third kappa shape index (κ3) is 2.74. The summed E-state index contributed by atoms with van der Waals surface area (Å²) in [5.41, 5.74) is 4.14. The van der Waals surface area contributed by atoms with Crippen LogP contribution >= 0.6 is 0 Å². The van der Waals surface area contributed by atoms with E-state index in [9.17, 15) is 4.79 Å². The van der Waals surface area contributed by atoms with Crippen LogP contribution in [0.4, 0.5) is 0 Å². The molecule has 2 heteroatoms. The number of hydrogen-bond donors (Lipinski definition) is 0. The van der Waals surface area contributed by atoms with Crippen molar-refractivity contribution >= 4 is 5.91 Å². The first-order chi connectivity index (χ1) is 9.22. The highest BCUT2D eigenvalue weighted by molar-refractivity contribution is 5.78. The fraction of sp³-hybridized carbons (Fsp3) is 0.611. The molecule has 0 atom stereocenters. The summed E-state index contributed by atoms with van der Waals surface area (Å²) in [5.74, 6) is 0.880. The Morgan fingerprint density at radius 3 is 2.40 bits per heavy atom. The molecule has 0 N–H and O–H groups in total. The minimum Gasteiger partial charge on any atom is -0.337 e. The quantitative estimate of drug-likeness (QED) is 0.795. The summed E-state index contributed by atoms with van der Waals surface area (Å²) in [6.07, 6.45) is 0. The maximum atomic E-state index is 12.3. The van der Waals surface area contributed by atoms with Crippen molar-refractivity contribution in [2.24, 2.45) is 5.92 Å². The molecule has 1 aromatic carbocycles. The van der Waals surface area contributed by atoms with Gasteiger partial charge >= 0.3 is 0 Å². The second-order valence-electron chi connectivity index (χ2n) is 7.30. The van der Waals surface area contributed by atoms with Gasteiger partial charge in [0.05, 0.1) is 0 Å². The predicted molar refractivity (Wildman–Crippen MR) is 83.8 cm³/mol. The lowest BCUT2D eigenvalue weighted by molar-refractivity contribution is -0.136. The van der Waals surface area contributed by atoms with Gasteiger partial charge in [-0.1, -0.05) is 59.7 Å². The third-order valence-electron chi connectivity index (χ3n) is 4.28. The molecule has 0 radical (unpaired) electrons. The van der Waals surface area contributed by atoms with Gasteiger partial charge in [-0.25, -0.2) is 0 Å². The van der Waals surface area contributed by atoms with Gasteiger partial charge in [-0.3, -0.25) is 4.79 Å². The SMILES string of the molecule is CC(C)C(=O)N1Cc2ccc(C(C)C)cc2C(C)(C)C1. The van der Waals surface area contributed by atoms with Crippen LogP contribution < -0.4 is 0 Å². The van der Waals surface area contributed by atoms with Gasteiger partial charge < -0.3 is 4.90 Å². The average Bonchev–Trinajstić information content (AvgIpc) is 2.36. The zero-order chi connectivity index (χ0) is 15.1. The molecular formula is C18H27NO. The van der Waals surface area contributed by atoms with Crippen LogP contribution in [-0.4, -0.2) is 17.4 Å². The summed E-state index contributed by atoms with van der Waals surface area (Å²) in [6.45, 7) is 14.5. The van der Waals surface area contributed by atoms with E-state index in [2.05, 4.69) is 45.9 Å². The van der Waals surface area contributed by atoms with Crippen LogP contribution in [0, 0.1) is 5.92 Å². The Morgan fingerprint density at radius 1 is 1.20 bits per heavy atom. The van der Waals surface area contributed by atoms with Crippen molar-refractivity contribution in [3.63, 3.8) is 0 Å². The molecule has 0 spiro atoms. The van der Waals surface area contributed by atoms with Gasteiger partial charge in [-0.15, -0.1) is 0 Å². The van der Waals surface area contributed by atoms with Crippen LogP contribution in [0.15, 0.2) is 18.2 Å². The molecule has 0 fully saturated rings. The molecule has 1 aliphatic rings. The smallest absolute Gasteiger partial charge is 0.225 e. The summed E-state index contributed by atoms with van der Waals surface area (Å²) in [5, 5.41) is 0. The topological polar surface area (TPSA) is 20.3 Å². The first kappa shape index (κ1) is 15.1. The minimum absolute atomic E-state index is 0.0308. The Balaban J connectivity index is 2.39. The van der Waals surface area contributed by atoms with E-state index in [4.69, 9.17) is 0 Å². The van der Waals surface area contributed by atoms with Crippen molar-refractivity contribution in [3.05, 3.63) is 34.9 Å². The molecular weight excluding hydrogens is 246 g/mol. The second kappa shape index (κ2) is 5.23. The molecule has 1 aromatic rings. The number of amides is 1. The van der Waals surface area contributed by atoms with Crippen molar-refractivity contribution in [1.29, 1.82) is 0 Å². The molecule has 2 rings (SSSR count). The Bertz CT molecular complexity index is 514. The molecule has 20 heavy (non-hydrogen) atoms. The van der Waals surface area contributed by atoms with E-state index in [0.717, 1.165) is 13.1 Å². The molecule has 1 aliphatic heterocycles. The number of fused-ring (bicyclic) bond motifs is 1. The Labute approximate surface area is 123 Å². The highest BCUT2D eigenvalue weighted by Crippen LogP contribution is 2.35. The van der Waals surface area contributed by atoms with E-state index in [1.807, 2.05) is 18.7 Å². The van der Waals surface area contributed by atoms with Gasteiger partial charge in [0.25, 0.3) is 0 Å². The molecule has 1 amide bonds. The van der Waals surface area contributed by atoms with Crippen molar-refractivity contribution in [3.8, 4) is 0 Å². The fourth-order valence-electron chi connectivity index (χ4n) is 3.07. The number of hydrogen-bond acceptors (Lipinski definition) is 1. The number of carbonyl (C=O) groups is 1. The molecule has 0 saturated heterocycles. The Morgan fingerprint density at radius 2 is 1.85 bits per heavy atom. The first-order valence-corrected chi connectivity index (χ1v) is 7.64. The van der Waals surface area contributed by atoms with Gasteiger partial charge in [0.2, 0.25) is 5.91 Å². The molecule has 0 unspecified atom stereocenters. The predicted octanol–water partition coefficient (Wildman–Crippen LogP) is 4.09. The van der Waals surface area contributed by atoms with Crippen molar-refractivity contribution in [2.75, 3.05) is 6.54 Å². The van der Waals surface area contributed by atoms with E-state index < -0.39 is 0 Å². The standard InChI is InChI=1S/C18H27NO/c1-12(2)14-7-8-15-10-19(17(20)13(3)4)11-18(5,6)16(15)9-14/h7-9,12-13H,10-11H2,1-6H3. The Hall–Kier alpha value is -1.31. The molecule has 0 aromatic heterocycles. The van der Waals surface area contributed by atoms with Crippen LogP contribution in [0.25, 0.3) is 0 Å². The third-order valence-corrected chi connectivity index (χ3v) is 4.28. The fourth-order valence-corrected chi connectivity index (χ4v) is 3.07. The molecule has 0 bridgehead atoms. The van der Waals surface area contributed by atoms with E-state index in [0.29, 0.717) is 5.92 Å². The molecule has 1 heterocycles. The summed E-state index contributed by atoms with van der Waals surface area (Å²) in [6, 6.07) is 6.77. The van der Waals surface area contributed by atoms with Gasteiger partial charge in [-0.05, 0) is 22.6 Å². The van der Waals surface area contributed by atoms with Gasteiger partial charge in [0.1, 0.15) is 0 Å². The lowest BCUT2D eigenvalue weighted by atomic mass is 9.76. The first-order valence-electron chi connectivity index (χ1n) is 7.64. The molecule has 0 saturated carbocycles. The van der Waals surface area contributed by atoms with Gasteiger partial charge in [0.15, 0.2) is 0 Å². The van der Waals surface area contributed by atoms with Crippen molar-refractivity contribution in [2.45, 2.75) is 59.4 Å². The number of rotatable bonds is 2. The highest BCUT2D eigenvalue weighted by atomic mass is 16.2. The maximum absolute atomic E-state index is 12.3. The van der Waals surface area contributed by atoms with E-state index in [1.54, 1.807) is 0 Å². The van der Waals surface area contributed by atoms with Gasteiger partial charge in [-0.2, -0.15) is 0 Å². The maximum Gasteiger partial charge on any atom is 0.225 e. The number of nitrogens with zero attached hydrogens (tertiary/aromatic N) is 1. The minimum atomic E-state index is 0.0308.